The maximum absolute atomic E-state index is 8.88. The monoisotopic (exact) mass is 326 g/mol. The van der Waals surface area contributed by atoms with Crippen molar-refractivity contribution < 1.29 is 4.74 Å². The van der Waals surface area contributed by atoms with Gasteiger partial charge in [-0.1, -0.05) is 46.3 Å². The second-order valence-corrected chi connectivity index (χ2v) is 5.44. The molecule has 0 aliphatic carbocycles. The zero-order valence-electron chi connectivity index (χ0n) is 10.6. The first-order valence-electron chi connectivity index (χ1n) is 6.25. The summed E-state index contributed by atoms with van der Waals surface area (Å²) in [7, 11) is 0. The third kappa shape index (κ3) is 2.45. The second kappa shape index (κ2) is 5.48. The van der Waals surface area contributed by atoms with Crippen LogP contribution in [0.2, 0.25) is 0 Å². The maximum Gasteiger partial charge on any atom is 0.205 e. The van der Waals surface area contributed by atoms with E-state index in [2.05, 4.69) is 20.9 Å². The van der Waals surface area contributed by atoms with Crippen molar-refractivity contribution >= 4 is 21.6 Å². The minimum atomic E-state index is -0.100. The number of aliphatic imine (C=N–C) groups is 1. The molecule has 1 atom stereocenters. The van der Waals surface area contributed by atoms with E-state index in [-0.39, 0.29) is 6.10 Å². The standard InChI is InChI=1S/C16H11BrN2O/c17-12-6-7-15-13(8-12)14(19-10-18)9-16(20-15)11-4-2-1-3-5-11/h1-8,16H,9H2. The van der Waals surface area contributed by atoms with Crippen LogP contribution in [0.3, 0.4) is 0 Å². The average molecular weight is 327 g/mol. The molecule has 0 radical (unpaired) electrons. The van der Waals surface area contributed by atoms with Gasteiger partial charge in [0.2, 0.25) is 6.19 Å². The van der Waals surface area contributed by atoms with E-state index in [4.69, 9.17) is 10.00 Å². The van der Waals surface area contributed by atoms with Crippen LogP contribution >= 0.6 is 15.9 Å². The Morgan fingerprint density at radius 2 is 2.00 bits per heavy atom. The van der Waals surface area contributed by atoms with Crippen molar-refractivity contribution in [1.82, 2.24) is 0 Å². The lowest BCUT2D eigenvalue weighted by atomic mass is 9.95. The highest BCUT2D eigenvalue weighted by Crippen LogP contribution is 2.36. The first kappa shape index (κ1) is 12.9. The first-order chi connectivity index (χ1) is 9.78. The summed E-state index contributed by atoms with van der Waals surface area (Å²) in [5.74, 6) is 0.766. The molecule has 2 aromatic rings. The summed E-state index contributed by atoms with van der Waals surface area (Å²) in [4.78, 5) is 3.96. The fraction of sp³-hybridized carbons (Fsp3) is 0.125. The molecule has 0 N–H and O–H groups in total. The fourth-order valence-electron chi connectivity index (χ4n) is 2.33. The van der Waals surface area contributed by atoms with Gasteiger partial charge in [-0.2, -0.15) is 10.3 Å². The lowest BCUT2D eigenvalue weighted by Gasteiger charge is -2.27. The molecule has 0 fully saturated rings. The zero-order chi connectivity index (χ0) is 13.9. The number of halogens is 1. The topological polar surface area (TPSA) is 45.4 Å². The third-order valence-electron chi connectivity index (χ3n) is 3.26. The van der Waals surface area contributed by atoms with Gasteiger partial charge in [0, 0.05) is 16.5 Å². The van der Waals surface area contributed by atoms with Gasteiger partial charge < -0.3 is 4.74 Å². The Kier molecular flexibility index (Phi) is 3.53. The van der Waals surface area contributed by atoms with Crippen molar-refractivity contribution in [3.63, 3.8) is 0 Å². The Hall–Kier alpha value is -2.12. The fourth-order valence-corrected chi connectivity index (χ4v) is 2.69. The van der Waals surface area contributed by atoms with Gasteiger partial charge in [-0.25, -0.2) is 0 Å². The Morgan fingerprint density at radius 3 is 2.75 bits per heavy atom. The van der Waals surface area contributed by atoms with Crippen LogP contribution in [0.5, 0.6) is 5.75 Å². The molecular formula is C16H11BrN2O. The molecule has 0 saturated carbocycles. The van der Waals surface area contributed by atoms with Gasteiger partial charge in [0.05, 0.1) is 5.71 Å². The molecule has 0 aromatic heterocycles. The van der Waals surface area contributed by atoms with Crippen LogP contribution in [-0.2, 0) is 0 Å². The van der Waals surface area contributed by atoms with Crippen LogP contribution in [0.15, 0.2) is 58.0 Å². The van der Waals surface area contributed by atoms with Crippen LogP contribution in [0, 0.1) is 11.5 Å². The highest BCUT2D eigenvalue weighted by atomic mass is 79.9. The number of benzene rings is 2. The van der Waals surface area contributed by atoms with Gasteiger partial charge in [-0.3, -0.25) is 0 Å². The number of fused-ring (bicyclic) bond motifs is 1. The van der Waals surface area contributed by atoms with Crippen molar-refractivity contribution in [2.45, 2.75) is 12.5 Å². The summed E-state index contributed by atoms with van der Waals surface area (Å²) < 4.78 is 6.99. The van der Waals surface area contributed by atoms with Gasteiger partial charge >= 0.3 is 0 Å². The van der Waals surface area contributed by atoms with E-state index < -0.39 is 0 Å². The van der Waals surface area contributed by atoms with Crippen LogP contribution in [-0.4, -0.2) is 5.71 Å². The highest BCUT2D eigenvalue weighted by molar-refractivity contribution is 9.10. The van der Waals surface area contributed by atoms with E-state index >= 15 is 0 Å². The minimum Gasteiger partial charge on any atom is -0.485 e. The van der Waals surface area contributed by atoms with Gasteiger partial charge in [0.1, 0.15) is 11.9 Å². The minimum absolute atomic E-state index is 0.100. The van der Waals surface area contributed by atoms with Gasteiger partial charge in [0.25, 0.3) is 0 Å². The molecule has 1 heterocycles. The lowest BCUT2D eigenvalue weighted by molar-refractivity contribution is 0.206. The SMILES string of the molecule is N#CN=C1CC(c2ccccc2)Oc2ccc(Br)cc21. The summed E-state index contributed by atoms with van der Waals surface area (Å²) in [5.41, 5.74) is 2.74. The number of hydrogen-bond donors (Lipinski definition) is 0. The summed E-state index contributed by atoms with van der Waals surface area (Å²) in [6.07, 6.45) is 2.39. The van der Waals surface area contributed by atoms with E-state index in [0.29, 0.717) is 6.42 Å². The van der Waals surface area contributed by atoms with Crippen LogP contribution < -0.4 is 4.74 Å². The lowest BCUT2D eigenvalue weighted by Crippen LogP contribution is -2.21. The van der Waals surface area contributed by atoms with Crippen molar-refractivity contribution in [3.8, 4) is 11.9 Å². The molecule has 2 aromatic carbocycles. The van der Waals surface area contributed by atoms with Gasteiger partial charge in [0.15, 0.2) is 0 Å². The zero-order valence-corrected chi connectivity index (χ0v) is 12.2. The highest BCUT2D eigenvalue weighted by Gasteiger charge is 2.26. The van der Waals surface area contributed by atoms with E-state index in [9.17, 15) is 0 Å². The molecule has 1 aliphatic rings. The molecule has 98 valence electrons. The van der Waals surface area contributed by atoms with Crippen LogP contribution in [0.25, 0.3) is 0 Å². The molecule has 4 heteroatoms. The molecule has 1 unspecified atom stereocenters. The summed E-state index contributed by atoms with van der Waals surface area (Å²) in [6.45, 7) is 0. The van der Waals surface area contributed by atoms with Gasteiger partial charge in [-0.05, 0) is 23.8 Å². The summed E-state index contributed by atoms with van der Waals surface area (Å²) >= 11 is 3.44. The summed E-state index contributed by atoms with van der Waals surface area (Å²) in [5, 5.41) is 8.88. The third-order valence-corrected chi connectivity index (χ3v) is 3.75. The predicted octanol–water partition coefficient (Wildman–Crippen LogP) is 4.24. The molecule has 3 nitrogen and oxygen atoms in total. The largest absolute Gasteiger partial charge is 0.485 e. The number of rotatable bonds is 1. The smallest absolute Gasteiger partial charge is 0.205 e. The molecule has 20 heavy (non-hydrogen) atoms. The Bertz CT molecular complexity index is 704. The van der Waals surface area contributed by atoms with Crippen molar-refractivity contribution in [3.05, 3.63) is 64.1 Å². The van der Waals surface area contributed by atoms with Crippen molar-refractivity contribution in [1.29, 1.82) is 5.26 Å². The summed E-state index contributed by atoms with van der Waals surface area (Å²) in [6, 6.07) is 15.8. The quantitative estimate of drug-likeness (QED) is 0.735. The van der Waals surface area contributed by atoms with E-state index in [1.807, 2.05) is 54.7 Å². The predicted molar refractivity (Wildman–Crippen MR) is 80.7 cm³/mol. The Balaban J connectivity index is 2.04. The van der Waals surface area contributed by atoms with Crippen molar-refractivity contribution in [2.24, 2.45) is 4.99 Å². The molecule has 0 amide bonds. The second-order valence-electron chi connectivity index (χ2n) is 4.52. The molecule has 1 aliphatic heterocycles. The molecule has 3 rings (SSSR count). The maximum atomic E-state index is 8.88. The van der Waals surface area contributed by atoms with Gasteiger partial charge in [-0.15, -0.1) is 0 Å². The molecule has 0 saturated heterocycles. The normalized spacial score (nSPS) is 19.0. The first-order valence-corrected chi connectivity index (χ1v) is 7.04. The van der Waals surface area contributed by atoms with Crippen LogP contribution in [0.4, 0.5) is 0 Å². The Morgan fingerprint density at radius 1 is 1.20 bits per heavy atom. The molecule has 0 spiro atoms. The average Bonchev–Trinajstić information content (AvgIpc) is 2.49. The van der Waals surface area contributed by atoms with E-state index in [1.165, 1.54) is 0 Å². The van der Waals surface area contributed by atoms with E-state index in [0.717, 1.165) is 27.1 Å². The van der Waals surface area contributed by atoms with Crippen molar-refractivity contribution in [2.75, 3.05) is 0 Å². The number of hydrogen-bond acceptors (Lipinski definition) is 3. The van der Waals surface area contributed by atoms with Crippen LogP contribution in [0.1, 0.15) is 23.7 Å². The number of nitriles is 1. The number of ether oxygens (including phenoxy) is 1. The molecule has 0 bridgehead atoms. The molecular weight excluding hydrogens is 316 g/mol. The van der Waals surface area contributed by atoms with E-state index in [1.54, 1.807) is 0 Å². The Labute approximate surface area is 125 Å². The number of nitrogens with zero attached hydrogens (tertiary/aromatic N) is 2.